The third kappa shape index (κ3) is 4.79. The summed E-state index contributed by atoms with van der Waals surface area (Å²) in [6.45, 7) is 3.46. The summed E-state index contributed by atoms with van der Waals surface area (Å²) in [4.78, 5) is 14.7. The molecule has 2 aromatic rings. The molecule has 0 bridgehead atoms. The van der Waals surface area contributed by atoms with Crippen molar-refractivity contribution in [3.05, 3.63) is 48.4 Å². The number of furan rings is 1. The predicted molar refractivity (Wildman–Crippen MR) is 96.2 cm³/mol. The number of nitrogens with zero attached hydrogens (tertiary/aromatic N) is 1. The highest BCUT2D eigenvalue weighted by Gasteiger charge is 2.27. The van der Waals surface area contributed by atoms with Crippen LogP contribution in [0, 0.1) is 0 Å². The molecule has 140 valence electrons. The van der Waals surface area contributed by atoms with E-state index in [2.05, 4.69) is 0 Å². The normalized spacial score (nSPS) is 17.7. The lowest BCUT2D eigenvalue weighted by molar-refractivity contribution is -0.140. The monoisotopic (exact) mass is 359 g/mol. The summed E-state index contributed by atoms with van der Waals surface area (Å²) in [5, 5.41) is 0. The van der Waals surface area contributed by atoms with Crippen molar-refractivity contribution in [1.29, 1.82) is 0 Å². The third-order valence-electron chi connectivity index (χ3n) is 4.41. The van der Waals surface area contributed by atoms with Crippen LogP contribution >= 0.6 is 0 Å². The lowest BCUT2D eigenvalue weighted by atomic mass is 10.2. The molecule has 0 radical (unpaired) electrons. The zero-order valence-corrected chi connectivity index (χ0v) is 15.2. The maximum absolute atomic E-state index is 13.0. The molecule has 1 aromatic heterocycles. The van der Waals surface area contributed by atoms with E-state index in [9.17, 15) is 4.79 Å². The van der Waals surface area contributed by atoms with E-state index < -0.39 is 6.10 Å². The Bertz CT molecular complexity index is 677. The molecule has 0 saturated carbocycles. The van der Waals surface area contributed by atoms with Crippen molar-refractivity contribution in [1.82, 2.24) is 4.90 Å². The molecule has 1 aromatic carbocycles. The highest BCUT2D eigenvalue weighted by atomic mass is 16.5. The Labute approximate surface area is 153 Å². The molecule has 2 unspecified atom stereocenters. The van der Waals surface area contributed by atoms with Gasteiger partial charge in [0.2, 0.25) is 0 Å². The van der Waals surface area contributed by atoms with E-state index in [4.69, 9.17) is 18.6 Å². The van der Waals surface area contributed by atoms with Gasteiger partial charge in [-0.25, -0.2) is 0 Å². The predicted octanol–water partition coefficient (Wildman–Crippen LogP) is 3.26. The van der Waals surface area contributed by atoms with E-state index in [0.29, 0.717) is 18.8 Å². The Kier molecular flexibility index (Phi) is 6.17. The van der Waals surface area contributed by atoms with E-state index in [-0.39, 0.29) is 12.0 Å². The van der Waals surface area contributed by atoms with Crippen LogP contribution in [-0.2, 0) is 16.1 Å². The fourth-order valence-electron chi connectivity index (χ4n) is 3.02. The molecular formula is C20H25NO5. The number of methoxy groups -OCH3 is 1. The number of hydrogen-bond donors (Lipinski definition) is 0. The summed E-state index contributed by atoms with van der Waals surface area (Å²) in [5.74, 6) is 2.02. The molecule has 1 aliphatic rings. The van der Waals surface area contributed by atoms with Crippen molar-refractivity contribution in [2.45, 2.75) is 38.5 Å². The molecular weight excluding hydrogens is 334 g/mol. The first-order valence-corrected chi connectivity index (χ1v) is 8.89. The van der Waals surface area contributed by atoms with Gasteiger partial charge in [0.25, 0.3) is 5.91 Å². The van der Waals surface area contributed by atoms with E-state index in [1.165, 1.54) is 0 Å². The van der Waals surface area contributed by atoms with Gasteiger partial charge >= 0.3 is 0 Å². The van der Waals surface area contributed by atoms with Crippen molar-refractivity contribution in [2.75, 3.05) is 20.3 Å². The highest BCUT2D eigenvalue weighted by molar-refractivity contribution is 5.81. The summed E-state index contributed by atoms with van der Waals surface area (Å²) in [6, 6.07) is 10.9. The standard InChI is InChI=1S/C20H25NO5/c1-15(26-17-9-7-16(23-2)8-10-17)20(22)21(13-18-5-3-11-24-18)14-19-6-4-12-25-19/h3,5,7-11,15,19H,4,6,12-14H2,1-2H3. The zero-order chi connectivity index (χ0) is 18.4. The van der Waals surface area contributed by atoms with E-state index in [0.717, 1.165) is 31.0 Å². The summed E-state index contributed by atoms with van der Waals surface area (Å²) in [7, 11) is 1.61. The maximum atomic E-state index is 13.0. The first kappa shape index (κ1) is 18.3. The van der Waals surface area contributed by atoms with Crippen LogP contribution in [0.3, 0.4) is 0 Å². The summed E-state index contributed by atoms with van der Waals surface area (Å²) in [6.07, 6.45) is 3.07. The second kappa shape index (κ2) is 8.76. The maximum Gasteiger partial charge on any atom is 0.263 e. The van der Waals surface area contributed by atoms with Gasteiger partial charge in [0.05, 0.1) is 26.0 Å². The van der Waals surface area contributed by atoms with E-state index >= 15 is 0 Å². The summed E-state index contributed by atoms with van der Waals surface area (Å²) < 4.78 is 22.1. The number of carbonyl (C=O) groups excluding carboxylic acids is 1. The second-order valence-corrected chi connectivity index (χ2v) is 6.37. The van der Waals surface area contributed by atoms with Crippen LogP contribution in [-0.4, -0.2) is 43.3 Å². The Hall–Kier alpha value is -2.47. The van der Waals surface area contributed by atoms with Crippen molar-refractivity contribution < 1.29 is 23.4 Å². The Morgan fingerprint density at radius 3 is 2.65 bits per heavy atom. The smallest absolute Gasteiger partial charge is 0.263 e. The molecule has 3 rings (SSSR count). The van der Waals surface area contributed by atoms with Gasteiger partial charge in [-0.15, -0.1) is 0 Å². The number of amides is 1. The molecule has 6 nitrogen and oxygen atoms in total. The topological polar surface area (TPSA) is 61.1 Å². The van der Waals surface area contributed by atoms with Gasteiger partial charge in [-0.2, -0.15) is 0 Å². The minimum atomic E-state index is -0.611. The van der Waals surface area contributed by atoms with Crippen LogP contribution in [0.25, 0.3) is 0 Å². The van der Waals surface area contributed by atoms with Gasteiger partial charge in [0.15, 0.2) is 6.10 Å². The van der Waals surface area contributed by atoms with Gasteiger partial charge in [-0.05, 0) is 56.2 Å². The van der Waals surface area contributed by atoms with Crippen molar-refractivity contribution in [2.24, 2.45) is 0 Å². The van der Waals surface area contributed by atoms with Gasteiger partial charge < -0.3 is 23.5 Å². The largest absolute Gasteiger partial charge is 0.497 e. The Morgan fingerprint density at radius 2 is 2.04 bits per heavy atom. The van der Waals surface area contributed by atoms with Crippen molar-refractivity contribution in [3.8, 4) is 11.5 Å². The van der Waals surface area contributed by atoms with E-state index in [1.807, 2.05) is 12.1 Å². The fourth-order valence-corrected chi connectivity index (χ4v) is 3.02. The highest BCUT2D eigenvalue weighted by Crippen LogP contribution is 2.20. The quantitative estimate of drug-likeness (QED) is 0.724. The molecule has 1 aliphatic heterocycles. The molecule has 0 aliphatic carbocycles. The molecule has 0 spiro atoms. The van der Waals surface area contributed by atoms with Crippen LogP contribution < -0.4 is 9.47 Å². The first-order valence-electron chi connectivity index (χ1n) is 8.89. The van der Waals surface area contributed by atoms with Crippen LogP contribution in [0.1, 0.15) is 25.5 Å². The number of benzene rings is 1. The van der Waals surface area contributed by atoms with Crippen LogP contribution in [0.5, 0.6) is 11.5 Å². The fraction of sp³-hybridized carbons (Fsp3) is 0.450. The number of rotatable bonds is 8. The first-order chi connectivity index (χ1) is 12.7. The van der Waals surface area contributed by atoms with Gasteiger partial charge in [0, 0.05) is 13.2 Å². The Balaban J connectivity index is 1.65. The molecule has 1 fully saturated rings. The minimum absolute atomic E-state index is 0.0714. The molecule has 1 saturated heterocycles. The SMILES string of the molecule is COc1ccc(OC(C)C(=O)N(Cc2ccco2)CC2CCCO2)cc1. The number of hydrogen-bond acceptors (Lipinski definition) is 5. The summed E-state index contributed by atoms with van der Waals surface area (Å²) >= 11 is 0. The third-order valence-corrected chi connectivity index (χ3v) is 4.41. The second-order valence-electron chi connectivity index (χ2n) is 6.37. The average molecular weight is 359 g/mol. The van der Waals surface area contributed by atoms with Crippen molar-refractivity contribution >= 4 is 5.91 Å². The molecule has 0 N–H and O–H groups in total. The molecule has 26 heavy (non-hydrogen) atoms. The van der Waals surface area contributed by atoms with Crippen LogP contribution in [0.4, 0.5) is 0 Å². The Morgan fingerprint density at radius 1 is 1.27 bits per heavy atom. The van der Waals surface area contributed by atoms with E-state index in [1.54, 1.807) is 49.5 Å². The molecule has 2 atom stereocenters. The minimum Gasteiger partial charge on any atom is -0.497 e. The molecule has 1 amide bonds. The lowest BCUT2D eigenvalue weighted by Gasteiger charge is -2.27. The summed E-state index contributed by atoms with van der Waals surface area (Å²) in [5.41, 5.74) is 0. The van der Waals surface area contributed by atoms with Crippen LogP contribution in [0.2, 0.25) is 0 Å². The van der Waals surface area contributed by atoms with Gasteiger partial charge in [0.1, 0.15) is 17.3 Å². The van der Waals surface area contributed by atoms with Gasteiger partial charge in [-0.3, -0.25) is 4.79 Å². The zero-order valence-electron chi connectivity index (χ0n) is 15.2. The number of ether oxygens (including phenoxy) is 3. The van der Waals surface area contributed by atoms with Crippen LogP contribution in [0.15, 0.2) is 47.1 Å². The molecule has 6 heteroatoms. The van der Waals surface area contributed by atoms with Gasteiger partial charge in [-0.1, -0.05) is 0 Å². The number of carbonyl (C=O) groups is 1. The average Bonchev–Trinajstić information content (AvgIpc) is 3.35. The lowest BCUT2D eigenvalue weighted by Crippen LogP contribution is -2.43. The van der Waals surface area contributed by atoms with Crippen molar-refractivity contribution in [3.63, 3.8) is 0 Å². The molecule has 2 heterocycles.